The maximum Gasteiger partial charge on any atom is 0.269 e. The Hall–Kier alpha value is -8.80. The predicted octanol–water partition coefficient (Wildman–Crippen LogP) is 17.9. The van der Waals surface area contributed by atoms with Crippen LogP contribution in [-0.4, -0.2) is 14.1 Å². The Labute approximate surface area is 466 Å². The molecule has 1 aliphatic heterocycles. The Morgan fingerprint density at radius 1 is 0.533 bits per heavy atom. The van der Waals surface area contributed by atoms with E-state index in [-0.39, 0.29) is 88.9 Å². The Bertz CT molecular complexity index is 5220. The normalized spacial score (nSPS) is 16.2. The summed E-state index contributed by atoms with van der Waals surface area (Å²) in [5.74, 6) is 1.44. The number of hydrogen-bond acceptors (Lipinski definition) is 2. The number of nitrogens with zero attached hydrogens (tertiary/aromatic N) is 4. The topological polar surface area (TPSA) is 35.9 Å². The quantitative estimate of drug-likeness (QED) is 0.123. The van der Waals surface area contributed by atoms with Crippen LogP contribution < -0.4 is 9.30 Å². The van der Waals surface area contributed by atoms with Crippen LogP contribution in [0.2, 0.25) is 0 Å². The molecule has 0 aliphatic carbocycles. The molecule has 0 N–H and O–H groups in total. The van der Waals surface area contributed by atoms with Crippen molar-refractivity contribution in [3.8, 4) is 84.3 Å². The molecule has 0 amide bonds. The molecule has 0 atom stereocenters. The van der Waals surface area contributed by atoms with E-state index in [0.29, 0.717) is 28.6 Å². The van der Waals surface area contributed by atoms with E-state index >= 15 is 0 Å². The van der Waals surface area contributed by atoms with Gasteiger partial charge in [-0.25, -0.2) is 4.98 Å². The van der Waals surface area contributed by atoms with Crippen molar-refractivity contribution in [1.29, 1.82) is 0 Å². The molecule has 75 heavy (non-hydrogen) atoms. The zero-order chi connectivity index (χ0) is 67.6. The smallest absolute Gasteiger partial charge is 0.269 e. The molecule has 12 aromatic rings. The average Bonchev–Trinajstić information content (AvgIpc) is 1.36. The summed E-state index contributed by atoms with van der Waals surface area (Å²) in [6, 6.07) is 25.9. The molecule has 1 aliphatic rings. The lowest BCUT2D eigenvalue weighted by Crippen LogP contribution is -2.31. The summed E-state index contributed by atoms with van der Waals surface area (Å²) in [7, 11) is 0. The first-order chi connectivity index (χ1) is 44.1. The lowest BCUT2D eigenvalue weighted by atomic mass is 9.77. The summed E-state index contributed by atoms with van der Waals surface area (Å²) >= 11 is 0. The third kappa shape index (κ3) is 7.76. The molecule has 0 saturated heterocycles. The van der Waals surface area contributed by atoms with Gasteiger partial charge in [0, 0.05) is 31.3 Å². The van der Waals surface area contributed by atoms with Gasteiger partial charge in [-0.1, -0.05) is 175 Å². The van der Waals surface area contributed by atoms with Gasteiger partial charge in [0.25, 0.3) is 6.33 Å². The minimum absolute atomic E-state index is 0.00774. The molecule has 0 fully saturated rings. The van der Waals surface area contributed by atoms with Crippen LogP contribution in [0.5, 0.6) is 11.5 Å². The summed E-state index contributed by atoms with van der Waals surface area (Å²) in [5.41, 5.74) is 0.117. The second-order valence-electron chi connectivity index (χ2n) is 20.8. The van der Waals surface area contributed by atoms with Crippen molar-refractivity contribution in [3.63, 3.8) is 0 Å². The monoisotopic (exact) mass is 990 g/mol. The zero-order valence-corrected chi connectivity index (χ0v) is 41.8. The van der Waals surface area contributed by atoms with Crippen molar-refractivity contribution in [2.45, 2.75) is 66.1 Å². The molecule has 5 nitrogen and oxygen atoms in total. The first-order valence-corrected chi connectivity index (χ1v) is 24.5. The summed E-state index contributed by atoms with van der Waals surface area (Å²) in [4.78, 5) is 4.85. The van der Waals surface area contributed by atoms with E-state index in [1.54, 1.807) is 47.2 Å². The Morgan fingerprint density at radius 3 is 1.92 bits per heavy atom. The minimum atomic E-state index is -2.91. The molecule has 364 valence electrons. The van der Waals surface area contributed by atoms with Crippen LogP contribution >= 0.6 is 0 Å². The van der Waals surface area contributed by atoms with Crippen LogP contribution in [-0.2, 0) is 10.8 Å². The molecule has 0 bridgehead atoms. The van der Waals surface area contributed by atoms with Crippen LogP contribution in [0.1, 0.15) is 89.8 Å². The number of pyridine rings is 1. The number of rotatable bonds is 6. The van der Waals surface area contributed by atoms with Crippen LogP contribution in [0, 0.1) is 20.0 Å². The van der Waals surface area contributed by atoms with Crippen LogP contribution in [0.15, 0.2) is 206 Å². The molecule has 0 radical (unpaired) electrons. The lowest BCUT2D eigenvalue weighted by Gasteiger charge is -2.28. The van der Waals surface area contributed by atoms with E-state index in [4.69, 9.17) is 22.1 Å². The highest BCUT2D eigenvalue weighted by molar-refractivity contribution is 6.09. The van der Waals surface area contributed by atoms with Crippen molar-refractivity contribution >= 4 is 32.8 Å². The van der Waals surface area contributed by atoms with Crippen LogP contribution in [0.4, 0.5) is 0 Å². The fraction of sp³-hybridized carbons (Fsp3) is 0.143. The number of aryl methyl sites for hydroxylation is 2. The van der Waals surface area contributed by atoms with Crippen molar-refractivity contribution in [3.05, 3.63) is 235 Å². The van der Waals surface area contributed by atoms with E-state index in [9.17, 15) is 13.7 Å². The molecular weight excluding hydrogens is 913 g/mol. The summed E-state index contributed by atoms with van der Waals surface area (Å²) in [6.45, 7) is 6.03. The summed E-state index contributed by atoms with van der Waals surface area (Å²) in [5, 5.41) is 1.93. The Balaban J connectivity index is 1.18. The van der Waals surface area contributed by atoms with Gasteiger partial charge in [0.2, 0.25) is 0 Å². The lowest BCUT2D eigenvalue weighted by molar-refractivity contribution is -0.571. The minimum Gasteiger partial charge on any atom is -0.458 e. The van der Waals surface area contributed by atoms with Gasteiger partial charge >= 0.3 is 0 Å². The second-order valence-corrected chi connectivity index (χ2v) is 20.8. The number of hydrogen-bond donors (Lipinski definition) is 0. The third-order valence-electron chi connectivity index (χ3n) is 14.0. The number of aromatic nitrogens is 4. The van der Waals surface area contributed by atoms with Crippen molar-refractivity contribution in [2.75, 3.05) is 0 Å². The SMILES string of the molecule is [2H]c1c([2H])c([2H])c(-c2cc3c4c(c2)n(-c2cccc(Oc5ccc6c7ccccc7n(-c7cc(C(C)(C)C)ccn7)c6c5)c2)[c-][n+]4-c2cc(-c4c(C([2H])([2H])[2H])cccc4C([2H])([2H])[2H])c(C(C)(C)C)cc2-c2c([2H])c([2H])c([2H])c([2H])c2-c2c([2H])c([2H])c([2H])c([2H])c2-3)c([2H])c1[2H]. The first kappa shape index (κ1) is 29.8. The maximum atomic E-state index is 9.95. The zero-order valence-electron chi connectivity index (χ0n) is 60.8. The van der Waals surface area contributed by atoms with Crippen LogP contribution in [0.25, 0.3) is 106 Å². The van der Waals surface area contributed by atoms with Gasteiger partial charge in [-0.15, -0.1) is 0 Å². The van der Waals surface area contributed by atoms with E-state index in [2.05, 4.69) is 37.7 Å². The number of fused-ring (bicyclic) bond motifs is 10. The van der Waals surface area contributed by atoms with Gasteiger partial charge in [0.1, 0.15) is 17.3 Å². The predicted molar refractivity (Wildman–Crippen MR) is 310 cm³/mol. The molecule has 0 spiro atoms. The highest BCUT2D eigenvalue weighted by Crippen LogP contribution is 2.48. The van der Waals surface area contributed by atoms with Gasteiger partial charge in [-0.2, -0.15) is 0 Å². The summed E-state index contributed by atoms with van der Waals surface area (Å²) in [6.07, 6.45) is 5.28. The molecule has 13 rings (SSSR count). The van der Waals surface area contributed by atoms with Gasteiger partial charge in [0.15, 0.2) is 0 Å². The van der Waals surface area contributed by atoms with Crippen molar-refractivity contribution in [2.24, 2.45) is 0 Å². The molecule has 3 aromatic heterocycles. The van der Waals surface area contributed by atoms with Gasteiger partial charge in [-0.05, 0) is 163 Å². The van der Waals surface area contributed by atoms with Gasteiger partial charge in [0.05, 0.1) is 51.3 Å². The average molecular weight is 990 g/mol. The van der Waals surface area contributed by atoms with E-state index < -0.39 is 97.7 Å². The number of para-hydroxylation sites is 1. The van der Waals surface area contributed by atoms with Crippen molar-refractivity contribution < 1.29 is 35.3 Å². The van der Waals surface area contributed by atoms with E-state index in [1.165, 1.54) is 34.9 Å². The second kappa shape index (κ2) is 17.4. The van der Waals surface area contributed by atoms with Gasteiger partial charge in [-0.3, -0.25) is 13.7 Å². The number of benzene rings is 9. The van der Waals surface area contributed by atoms with E-state index in [1.807, 2.05) is 69.3 Å². The fourth-order valence-electron chi connectivity index (χ4n) is 10.5. The molecule has 0 saturated carbocycles. The van der Waals surface area contributed by atoms with Crippen molar-refractivity contribution in [1.82, 2.24) is 14.1 Å². The Morgan fingerprint density at radius 2 is 1.20 bits per heavy atom. The van der Waals surface area contributed by atoms with Gasteiger partial charge < -0.3 is 4.74 Å². The third-order valence-corrected chi connectivity index (χ3v) is 14.0. The molecule has 0 unspecified atom stereocenters. The standard InChI is InChI=1S/C70H58N4O/c1-44-20-18-21-45(2)67(44)60-42-63-58(41-61(60)70(6,7)8)54-28-14-12-26-52(54)53-27-13-15-29-55(53)59-36-47(46-22-10-9-11-23-46)37-65-68(59)73(63)43-72(65)49-24-19-25-50(39-49)75-51-32-33-57-56-30-16-17-31-62(56)74(64(57)40-51)66-38-48(34-35-71-66)69(3,4)5/h9-42H,1-8H3/i1D3,2D3,9D,10D,11D,12D,13D,14D,15D,22D,23D,26D,27D,28D,29D. The molecule has 9 aromatic carbocycles. The van der Waals surface area contributed by atoms with Crippen LogP contribution in [0.3, 0.4) is 0 Å². The Kier molecular flexibility index (Phi) is 6.92. The summed E-state index contributed by atoms with van der Waals surface area (Å²) < 4.78 is 187. The molecule has 4 heterocycles. The fourth-order valence-corrected chi connectivity index (χ4v) is 10.5. The molecular formula is C70H58N4O. The highest BCUT2D eigenvalue weighted by Gasteiger charge is 2.30. The largest absolute Gasteiger partial charge is 0.458 e. The number of ether oxygens (including phenoxy) is 1. The maximum absolute atomic E-state index is 9.95. The molecule has 5 heteroatoms. The highest BCUT2D eigenvalue weighted by atomic mass is 16.5. The number of imidazole rings is 1. The first-order valence-electron chi connectivity index (χ1n) is 34.0. The van der Waals surface area contributed by atoms with E-state index in [0.717, 1.165) is 27.4 Å².